The maximum Gasteiger partial charge on any atom is 0.303 e. The van der Waals surface area contributed by atoms with Gasteiger partial charge in [-0.3, -0.25) is 9.59 Å². The van der Waals surface area contributed by atoms with Crippen LogP contribution in [-0.4, -0.2) is 53.9 Å². The zero-order chi connectivity index (χ0) is 27.2. The first kappa shape index (κ1) is 27.0. The summed E-state index contributed by atoms with van der Waals surface area (Å²) in [6.07, 6.45) is 6.41. The van der Waals surface area contributed by atoms with E-state index in [0.717, 1.165) is 58.0 Å². The van der Waals surface area contributed by atoms with E-state index in [0.29, 0.717) is 23.7 Å². The molecule has 2 aliphatic heterocycles. The summed E-state index contributed by atoms with van der Waals surface area (Å²) in [6.45, 7) is 12.8. The Kier molecular flexibility index (Phi) is 6.52. The molecule has 1 spiro atoms. The second kappa shape index (κ2) is 9.17. The molecule has 0 aromatic heterocycles. The van der Waals surface area contributed by atoms with Crippen molar-refractivity contribution < 1.29 is 33.6 Å². The Bertz CT molecular complexity index is 958. The Morgan fingerprint density at radius 1 is 0.921 bits per heavy atom. The largest absolute Gasteiger partial charge is 0.463 e. The van der Waals surface area contributed by atoms with Gasteiger partial charge in [-0.15, -0.1) is 0 Å². The van der Waals surface area contributed by atoms with Gasteiger partial charge in [0.05, 0.1) is 18.8 Å². The normalized spacial score (nSPS) is 55.4. The molecule has 0 aromatic carbocycles. The van der Waals surface area contributed by atoms with Crippen LogP contribution in [-0.2, 0) is 28.5 Å². The van der Waals surface area contributed by atoms with Crippen LogP contribution in [0.5, 0.6) is 0 Å². The fraction of sp³-hybridized carbons (Fsp3) is 0.935. The molecule has 6 aliphatic rings. The van der Waals surface area contributed by atoms with Gasteiger partial charge in [-0.05, 0) is 74.0 Å². The molecular formula is C31H48O7. The van der Waals surface area contributed by atoms with E-state index in [-0.39, 0.29) is 47.3 Å². The Morgan fingerprint density at radius 3 is 2.32 bits per heavy atom. The van der Waals surface area contributed by atoms with E-state index in [1.54, 1.807) is 0 Å². The summed E-state index contributed by atoms with van der Waals surface area (Å²) >= 11 is 0. The molecule has 2 saturated heterocycles. The standard InChI is InChI=1S/C31H48O7/c1-16-9-12-31(35-15-16)17(2)25-24(38-31)14-23-22-8-7-20-13-21(36-18(3)32)10-11-29(20,5)26(22)27(37-19(4)33)28(34)30(23,25)6/h16-17,20-28,34H,7-15H2,1-6H3/t16?,17-,20?,21?,22-,23-,24-,25-,26+,27?,28?,29-,30-,31+/m0/s1. The van der Waals surface area contributed by atoms with Crippen LogP contribution in [0.1, 0.15) is 92.9 Å². The van der Waals surface area contributed by atoms with Gasteiger partial charge in [-0.25, -0.2) is 0 Å². The maximum absolute atomic E-state index is 12.5. The Morgan fingerprint density at radius 2 is 1.66 bits per heavy atom. The van der Waals surface area contributed by atoms with Crippen molar-refractivity contribution in [3.63, 3.8) is 0 Å². The second-order valence-corrected chi connectivity index (χ2v) is 14.4. The van der Waals surface area contributed by atoms with Crippen molar-refractivity contribution in [2.24, 2.45) is 52.3 Å². The number of hydrogen-bond donors (Lipinski definition) is 1. The Balaban J connectivity index is 1.33. The first-order valence-electron chi connectivity index (χ1n) is 15.2. The number of carbonyl (C=O) groups is 2. The molecule has 6 rings (SSSR count). The molecule has 0 radical (unpaired) electrons. The van der Waals surface area contributed by atoms with Crippen LogP contribution in [0.3, 0.4) is 0 Å². The zero-order valence-corrected chi connectivity index (χ0v) is 24.1. The van der Waals surface area contributed by atoms with Crippen LogP contribution in [0.15, 0.2) is 0 Å². The summed E-state index contributed by atoms with van der Waals surface area (Å²) in [6, 6.07) is 0. The van der Waals surface area contributed by atoms with Crippen LogP contribution in [0, 0.1) is 52.3 Å². The monoisotopic (exact) mass is 532 g/mol. The summed E-state index contributed by atoms with van der Waals surface area (Å²) in [4.78, 5) is 24.2. The second-order valence-electron chi connectivity index (χ2n) is 14.4. The molecule has 214 valence electrons. The number of hydrogen-bond acceptors (Lipinski definition) is 7. The van der Waals surface area contributed by atoms with Gasteiger partial charge in [0.2, 0.25) is 0 Å². The minimum atomic E-state index is -0.752. The lowest BCUT2D eigenvalue weighted by molar-refractivity contribution is -0.279. The molecule has 5 unspecified atom stereocenters. The molecule has 4 saturated carbocycles. The van der Waals surface area contributed by atoms with Crippen LogP contribution in [0.4, 0.5) is 0 Å². The molecule has 0 bridgehead atoms. The highest BCUT2D eigenvalue weighted by Gasteiger charge is 2.74. The van der Waals surface area contributed by atoms with E-state index >= 15 is 0 Å². The molecule has 6 fully saturated rings. The molecule has 1 N–H and O–H groups in total. The smallest absolute Gasteiger partial charge is 0.303 e. The summed E-state index contributed by atoms with van der Waals surface area (Å²) < 4.78 is 25.1. The Labute approximate surface area is 227 Å². The number of esters is 2. The van der Waals surface area contributed by atoms with Gasteiger partial charge >= 0.3 is 11.9 Å². The first-order valence-corrected chi connectivity index (χ1v) is 15.2. The predicted molar refractivity (Wildman–Crippen MR) is 140 cm³/mol. The van der Waals surface area contributed by atoms with Crippen molar-refractivity contribution in [3.8, 4) is 0 Å². The highest BCUT2D eigenvalue weighted by Crippen LogP contribution is 2.71. The maximum atomic E-state index is 12.5. The van der Waals surface area contributed by atoms with Gasteiger partial charge in [0, 0.05) is 43.4 Å². The van der Waals surface area contributed by atoms with Gasteiger partial charge in [0.25, 0.3) is 0 Å². The minimum Gasteiger partial charge on any atom is -0.463 e. The molecule has 14 atom stereocenters. The number of aliphatic hydroxyl groups excluding tert-OH is 1. The quantitative estimate of drug-likeness (QED) is 0.507. The molecule has 0 amide bonds. The van der Waals surface area contributed by atoms with Gasteiger partial charge in [0.1, 0.15) is 12.2 Å². The topological polar surface area (TPSA) is 91.3 Å². The van der Waals surface area contributed by atoms with E-state index in [1.165, 1.54) is 13.8 Å². The number of fused-ring (bicyclic) bond motifs is 7. The lowest BCUT2D eigenvalue weighted by Crippen LogP contribution is -2.66. The number of carbonyl (C=O) groups excluding carboxylic acids is 2. The SMILES string of the molecule is CC(=O)OC1CC[C@@]2(C)C(CC[C@H]3[C@@H]4C[C@@H]5O[C@]6(CCC(C)CO6)[C@@H](C)[C@@H]5[C@@]4(C)C(O)C(OC(C)=O)[C@@H]32)C1. The van der Waals surface area contributed by atoms with Crippen LogP contribution in [0.25, 0.3) is 0 Å². The number of aliphatic hydroxyl groups is 1. The van der Waals surface area contributed by atoms with E-state index in [9.17, 15) is 14.7 Å². The predicted octanol–water partition coefficient (Wildman–Crippen LogP) is 4.88. The lowest BCUT2D eigenvalue weighted by atomic mass is 9.42. The summed E-state index contributed by atoms with van der Waals surface area (Å²) in [5.41, 5.74) is -0.477. The van der Waals surface area contributed by atoms with Crippen molar-refractivity contribution >= 4 is 11.9 Å². The molecule has 38 heavy (non-hydrogen) atoms. The van der Waals surface area contributed by atoms with Crippen molar-refractivity contribution in [2.45, 2.75) is 123 Å². The minimum absolute atomic E-state index is 0.0393. The third kappa shape index (κ3) is 3.77. The van der Waals surface area contributed by atoms with E-state index in [4.69, 9.17) is 18.9 Å². The summed E-state index contributed by atoms with van der Waals surface area (Å²) in [5, 5.41) is 12.3. The highest BCUT2D eigenvalue weighted by atomic mass is 16.7. The van der Waals surface area contributed by atoms with Gasteiger partial charge in [-0.1, -0.05) is 27.7 Å². The average molecular weight is 533 g/mol. The van der Waals surface area contributed by atoms with Crippen molar-refractivity contribution in [1.29, 1.82) is 0 Å². The fourth-order valence-electron chi connectivity index (χ4n) is 10.9. The lowest BCUT2D eigenvalue weighted by Gasteiger charge is -2.64. The van der Waals surface area contributed by atoms with Gasteiger partial charge < -0.3 is 24.1 Å². The molecule has 7 heteroatoms. The van der Waals surface area contributed by atoms with Crippen molar-refractivity contribution in [2.75, 3.05) is 6.61 Å². The van der Waals surface area contributed by atoms with Gasteiger partial charge in [-0.2, -0.15) is 0 Å². The Hall–Kier alpha value is -1.18. The van der Waals surface area contributed by atoms with Crippen molar-refractivity contribution in [1.82, 2.24) is 0 Å². The third-order valence-electron chi connectivity index (χ3n) is 12.6. The van der Waals surface area contributed by atoms with Crippen LogP contribution in [0.2, 0.25) is 0 Å². The number of rotatable bonds is 2. The molecule has 0 aromatic rings. The summed E-state index contributed by atoms with van der Waals surface area (Å²) in [7, 11) is 0. The molecule has 7 nitrogen and oxygen atoms in total. The summed E-state index contributed by atoms with van der Waals surface area (Å²) in [5.74, 6) is 0.948. The van der Waals surface area contributed by atoms with E-state index in [2.05, 4.69) is 27.7 Å². The molecule has 4 aliphatic carbocycles. The van der Waals surface area contributed by atoms with Gasteiger partial charge in [0.15, 0.2) is 5.79 Å². The number of ether oxygens (including phenoxy) is 4. The molecular weight excluding hydrogens is 484 g/mol. The fourth-order valence-corrected chi connectivity index (χ4v) is 10.9. The highest BCUT2D eigenvalue weighted by molar-refractivity contribution is 5.66. The van der Waals surface area contributed by atoms with Crippen LogP contribution < -0.4 is 0 Å². The zero-order valence-electron chi connectivity index (χ0n) is 24.1. The van der Waals surface area contributed by atoms with E-state index < -0.39 is 23.4 Å². The van der Waals surface area contributed by atoms with Crippen LogP contribution >= 0.6 is 0 Å². The molecule has 2 heterocycles. The first-order chi connectivity index (χ1) is 17.9. The third-order valence-corrected chi connectivity index (χ3v) is 12.6. The van der Waals surface area contributed by atoms with Crippen molar-refractivity contribution in [3.05, 3.63) is 0 Å². The van der Waals surface area contributed by atoms with E-state index in [1.807, 2.05) is 0 Å². The average Bonchev–Trinajstić information content (AvgIpc) is 3.29.